The number of benzene rings is 1. The molecule has 1 N–H and O–H groups in total. The van der Waals surface area contributed by atoms with Crippen LogP contribution in [0.1, 0.15) is 12.5 Å². The van der Waals surface area contributed by atoms with E-state index in [9.17, 15) is 0 Å². The van der Waals surface area contributed by atoms with Crippen molar-refractivity contribution in [2.24, 2.45) is 5.10 Å². The van der Waals surface area contributed by atoms with Gasteiger partial charge < -0.3 is 9.47 Å². The average molecular weight is 254 g/mol. The molecule has 4 nitrogen and oxygen atoms in total. The zero-order valence-corrected chi connectivity index (χ0v) is 11.4. The minimum absolute atomic E-state index is 0.402. The molecule has 0 aliphatic rings. The van der Waals surface area contributed by atoms with Crippen LogP contribution in [0.15, 0.2) is 34.3 Å². The average Bonchev–Trinajstić information content (AvgIpc) is 2.33. The van der Waals surface area contributed by atoms with E-state index >= 15 is 0 Å². The van der Waals surface area contributed by atoms with Crippen LogP contribution in [0.2, 0.25) is 0 Å². The molecule has 0 spiro atoms. The minimum Gasteiger partial charge on any atom is -0.351 e. The molecule has 5 heteroatoms. The first kappa shape index (κ1) is 14.0. The first-order valence-corrected chi connectivity index (χ1v) is 6.07. The Balaban J connectivity index is 2.46. The summed E-state index contributed by atoms with van der Waals surface area (Å²) in [5.41, 5.74) is 1.99. The maximum atomic E-state index is 5.08. The molecule has 0 fully saturated rings. The highest BCUT2D eigenvalue weighted by molar-refractivity contribution is 7.97. The molecule has 0 radical (unpaired) electrons. The number of rotatable bonds is 6. The lowest BCUT2D eigenvalue weighted by atomic mass is 10.2. The van der Waals surface area contributed by atoms with Crippen LogP contribution in [0.4, 0.5) is 0 Å². The van der Waals surface area contributed by atoms with Crippen LogP contribution in [0.5, 0.6) is 0 Å². The summed E-state index contributed by atoms with van der Waals surface area (Å²) < 4.78 is 10.2. The van der Waals surface area contributed by atoms with Crippen LogP contribution in [0.25, 0.3) is 0 Å². The molecule has 0 aromatic heterocycles. The fraction of sp³-hybridized carbons (Fsp3) is 0.417. The van der Waals surface area contributed by atoms with E-state index in [2.05, 4.69) is 29.0 Å². The van der Waals surface area contributed by atoms with Crippen molar-refractivity contribution in [2.75, 3.05) is 14.2 Å². The van der Waals surface area contributed by atoms with E-state index < -0.39 is 6.29 Å². The van der Waals surface area contributed by atoms with Crippen molar-refractivity contribution in [2.45, 2.75) is 25.0 Å². The third-order valence-corrected chi connectivity index (χ3v) is 2.87. The molecule has 0 saturated carbocycles. The third kappa shape index (κ3) is 4.77. The van der Waals surface area contributed by atoms with Gasteiger partial charge in [-0.05, 0) is 26.0 Å². The van der Waals surface area contributed by atoms with Crippen LogP contribution in [0.3, 0.4) is 0 Å². The van der Waals surface area contributed by atoms with Gasteiger partial charge in [0.1, 0.15) is 0 Å². The Morgan fingerprint density at radius 1 is 1.24 bits per heavy atom. The largest absolute Gasteiger partial charge is 0.351 e. The summed E-state index contributed by atoms with van der Waals surface area (Å²) in [6.45, 7) is 3.91. The Hall–Kier alpha value is -1.04. The van der Waals surface area contributed by atoms with Gasteiger partial charge in [-0.2, -0.15) is 5.10 Å². The smallest absolute Gasteiger partial charge is 0.198 e. The predicted molar refractivity (Wildman–Crippen MR) is 71.1 cm³/mol. The molecular formula is C12H18N2O2S. The van der Waals surface area contributed by atoms with E-state index in [-0.39, 0.29) is 0 Å². The molecule has 0 unspecified atom stereocenters. The van der Waals surface area contributed by atoms with E-state index in [4.69, 9.17) is 9.47 Å². The zero-order valence-electron chi connectivity index (χ0n) is 10.6. The van der Waals surface area contributed by atoms with Gasteiger partial charge in [0.2, 0.25) is 0 Å². The Morgan fingerprint density at radius 3 is 2.35 bits per heavy atom. The first-order valence-electron chi connectivity index (χ1n) is 5.25. The van der Waals surface area contributed by atoms with Crippen LogP contribution in [0, 0.1) is 6.92 Å². The van der Waals surface area contributed by atoms with E-state index in [1.54, 1.807) is 14.2 Å². The lowest BCUT2D eigenvalue weighted by Crippen LogP contribution is -2.23. The van der Waals surface area contributed by atoms with Crippen molar-refractivity contribution in [3.63, 3.8) is 0 Å². The highest BCUT2D eigenvalue weighted by atomic mass is 32.2. The summed E-state index contributed by atoms with van der Waals surface area (Å²) in [4.78, 5) is 4.02. The lowest BCUT2D eigenvalue weighted by molar-refractivity contribution is -0.0524. The summed E-state index contributed by atoms with van der Waals surface area (Å²) in [5, 5.41) is 4.16. The Kier molecular flexibility index (Phi) is 6.04. The van der Waals surface area contributed by atoms with Gasteiger partial charge in [0.25, 0.3) is 0 Å². The zero-order chi connectivity index (χ0) is 12.7. The summed E-state index contributed by atoms with van der Waals surface area (Å²) in [6, 6.07) is 8.21. The van der Waals surface area contributed by atoms with Crippen molar-refractivity contribution < 1.29 is 9.47 Å². The maximum Gasteiger partial charge on any atom is 0.198 e. The quantitative estimate of drug-likeness (QED) is 0.367. The summed E-state index contributed by atoms with van der Waals surface area (Å²) in [6.07, 6.45) is -0.402. The van der Waals surface area contributed by atoms with Crippen molar-refractivity contribution in [3.8, 4) is 0 Å². The van der Waals surface area contributed by atoms with Crippen LogP contribution in [-0.2, 0) is 9.47 Å². The van der Waals surface area contributed by atoms with Gasteiger partial charge in [-0.25, -0.2) is 4.83 Å². The maximum absolute atomic E-state index is 5.08. The molecule has 17 heavy (non-hydrogen) atoms. The number of nitrogens with zero attached hydrogens (tertiary/aromatic N) is 1. The normalized spacial score (nSPS) is 11.9. The molecule has 1 aromatic rings. The molecule has 0 amide bonds. The van der Waals surface area contributed by atoms with Crippen LogP contribution in [-0.4, -0.2) is 26.2 Å². The topological polar surface area (TPSA) is 42.9 Å². The van der Waals surface area contributed by atoms with Crippen molar-refractivity contribution in [3.05, 3.63) is 29.8 Å². The Morgan fingerprint density at radius 2 is 1.82 bits per heavy atom. The van der Waals surface area contributed by atoms with Crippen molar-refractivity contribution in [1.82, 2.24) is 4.83 Å². The van der Waals surface area contributed by atoms with Crippen molar-refractivity contribution in [1.29, 1.82) is 0 Å². The molecule has 94 valence electrons. The van der Waals surface area contributed by atoms with E-state index in [1.807, 2.05) is 19.1 Å². The molecular weight excluding hydrogens is 236 g/mol. The summed E-state index contributed by atoms with van der Waals surface area (Å²) in [7, 11) is 3.17. The van der Waals surface area contributed by atoms with Gasteiger partial charge in [0.15, 0.2) is 6.29 Å². The number of nitrogens with one attached hydrogen (secondary N) is 1. The van der Waals surface area contributed by atoms with Gasteiger partial charge in [-0.3, -0.25) is 0 Å². The fourth-order valence-corrected chi connectivity index (χ4v) is 1.81. The molecule has 0 saturated heterocycles. The van der Waals surface area contributed by atoms with Gasteiger partial charge >= 0.3 is 0 Å². The molecule has 0 heterocycles. The van der Waals surface area contributed by atoms with E-state index in [0.717, 1.165) is 10.6 Å². The number of hydrazone groups is 1. The van der Waals surface area contributed by atoms with Gasteiger partial charge in [-0.1, -0.05) is 17.7 Å². The van der Waals surface area contributed by atoms with Crippen LogP contribution >= 0.6 is 11.9 Å². The molecule has 1 rings (SSSR count). The summed E-state index contributed by atoms with van der Waals surface area (Å²) >= 11 is 1.45. The van der Waals surface area contributed by atoms with E-state index in [1.165, 1.54) is 17.5 Å². The van der Waals surface area contributed by atoms with Gasteiger partial charge in [0.05, 0.1) is 5.71 Å². The molecule has 0 aliphatic carbocycles. The molecule has 0 atom stereocenters. The third-order valence-electron chi connectivity index (χ3n) is 2.18. The van der Waals surface area contributed by atoms with Gasteiger partial charge in [-0.15, -0.1) is 0 Å². The minimum atomic E-state index is -0.402. The fourth-order valence-electron chi connectivity index (χ4n) is 1.24. The predicted octanol–water partition coefficient (Wildman–Crippen LogP) is 2.59. The first-order chi connectivity index (χ1) is 8.17. The number of hydrogen-bond donors (Lipinski definition) is 1. The Labute approximate surface area is 107 Å². The highest BCUT2D eigenvalue weighted by Crippen LogP contribution is 2.14. The lowest BCUT2D eigenvalue weighted by Gasteiger charge is -2.12. The van der Waals surface area contributed by atoms with Crippen molar-refractivity contribution >= 4 is 17.7 Å². The molecule has 0 aliphatic heterocycles. The number of aryl methyl sites for hydroxylation is 1. The van der Waals surface area contributed by atoms with Crippen LogP contribution < -0.4 is 4.83 Å². The molecule has 0 bridgehead atoms. The monoisotopic (exact) mass is 254 g/mol. The number of methoxy groups -OCH3 is 2. The Bertz CT molecular complexity index is 361. The van der Waals surface area contributed by atoms with Gasteiger partial charge in [0, 0.05) is 31.1 Å². The second-order valence-electron chi connectivity index (χ2n) is 3.56. The second-order valence-corrected chi connectivity index (χ2v) is 4.42. The van der Waals surface area contributed by atoms with E-state index in [0.29, 0.717) is 0 Å². The highest BCUT2D eigenvalue weighted by Gasteiger charge is 2.08. The summed E-state index contributed by atoms with van der Waals surface area (Å²) in [5.74, 6) is 0. The molecule has 1 aromatic carbocycles. The standard InChI is InChI=1S/C12H18N2O2S/c1-9-5-7-11(8-6-9)17-14-13-10(2)12(15-3)16-4/h5-8,12,14H,1-4H3/b13-10-. The number of hydrogen-bond acceptors (Lipinski definition) is 5. The second kappa shape index (κ2) is 7.32. The number of ether oxygens (including phenoxy) is 2. The SMILES string of the molecule is COC(OC)/C(C)=N\NSc1ccc(C)cc1.